The average Bonchev–Trinajstić information content (AvgIpc) is 3.40. The van der Waals surface area contributed by atoms with E-state index in [1.54, 1.807) is 19.4 Å². The van der Waals surface area contributed by atoms with Crippen molar-refractivity contribution in [1.29, 1.82) is 0 Å². The van der Waals surface area contributed by atoms with Crippen LogP contribution in [0.5, 0.6) is 5.88 Å². The highest BCUT2D eigenvalue weighted by Crippen LogP contribution is 2.42. The van der Waals surface area contributed by atoms with Crippen LogP contribution in [0.25, 0.3) is 5.69 Å². The van der Waals surface area contributed by atoms with Crippen LogP contribution in [0.15, 0.2) is 48.9 Å². The summed E-state index contributed by atoms with van der Waals surface area (Å²) in [5.74, 6) is -0.184. The number of benzene rings is 1. The van der Waals surface area contributed by atoms with Crippen molar-refractivity contribution in [1.82, 2.24) is 24.9 Å². The largest absolute Gasteiger partial charge is 0.472 e. The molecule has 2 bridgehead atoms. The topological polar surface area (TPSA) is 91.6 Å². The van der Waals surface area contributed by atoms with Gasteiger partial charge in [0, 0.05) is 19.4 Å². The molecule has 1 amide bonds. The van der Waals surface area contributed by atoms with Crippen molar-refractivity contribution < 1.29 is 23.4 Å². The van der Waals surface area contributed by atoms with Gasteiger partial charge in [0.25, 0.3) is 5.91 Å². The summed E-state index contributed by atoms with van der Waals surface area (Å²) >= 11 is 0. The highest BCUT2D eigenvalue weighted by molar-refractivity contribution is 5.98. The Balaban J connectivity index is 1.49. The summed E-state index contributed by atoms with van der Waals surface area (Å²) in [7, 11) is 1.56. The molecule has 1 aliphatic carbocycles. The molecular weight excluding hydrogens is 453 g/mol. The van der Waals surface area contributed by atoms with Gasteiger partial charge in [-0.3, -0.25) is 4.79 Å². The van der Waals surface area contributed by atoms with E-state index in [2.05, 4.69) is 15.2 Å². The maximum absolute atomic E-state index is 14.9. The van der Waals surface area contributed by atoms with E-state index in [-0.39, 0.29) is 48.1 Å². The predicted molar refractivity (Wildman–Crippen MR) is 124 cm³/mol. The molecule has 1 saturated carbocycles. The summed E-state index contributed by atoms with van der Waals surface area (Å²) in [4.78, 5) is 21.4. The van der Waals surface area contributed by atoms with Crippen molar-refractivity contribution in [3.05, 3.63) is 65.9 Å². The number of carbonyl (C=O) groups is 1. The quantitative estimate of drug-likeness (QED) is 0.361. The van der Waals surface area contributed by atoms with Crippen molar-refractivity contribution in [3.63, 3.8) is 0 Å². The molecule has 0 spiro atoms. The molecule has 3 aliphatic rings. The number of hydrogen-bond donors (Lipinski definition) is 0. The molecule has 3 fully saturated rings. The van der Waals surface area contributed by atoms with Gasteiger partial charge >= 0.3 is 0 Å². The lowest BCUT2D eigenvalue weighted by molar-refractivity contribution is -0.109. The van der Waals surface area contributed by atoms with Gasteiger partial charge in [0.15, 0.2) is 5.82 Å². The number of ether oxygens (including phenoxy) is 3. The molecule has 10 heteroatoms. The number of methoxy groups -OCH3 is 1. The van der Waals surface area contributed by atoms with Gasteiger partial charge in [-0.25, -0.2) is 9.37 Å². The highest BCUT2D eigenvalue weighted by Gasteiger charge is 2.50. The summed E-state index contributed by atoms with van der Waals surface area (Å²) in [6, 6.07) is 7.82. The number of hydrogen-bond acceptors (Lipinski definition) is 7. The number of nitrogens with zero attached hydrogens (tertiary/aromatic N) is 5. The minimum Gasteiger partial charge on any atom is -0.472 e. The van der Waals surface area contributed by atoms with E-state index in [0.717, 1.165) is 29.6 Å². The molecule has 4 unspecified atom stereocenters. The van der Waals surface area contributed by atoms with Gasteiger partial charge in [-0.15, -0.1) is 4.80 Å². The fourth-order valence-corrected chi connectivity index (χ4v) is 5.22. The van der Waals surface area contributed by atoms with Crippen molar-refractivity contribution in [2.45, 2.75) is 44.4 Å². The first-order valence-corrected chi connectivity index (χ1v) is 11.7. The Morgan fingerprint density at radius 3 is 2.74 bits per heavy atom. The maximum Gasteiger partial charge on any atom is 0.256 e. The van der Waals surface area contributed by atoms with Crippen LogP contribution in [-0.4, -0.2) is 69.5 Å². The standard InChI is InChI=1S/C25H28FN5O4/c1-16-6-9-23(27-13-16)35-22-12-17-7-8-20(22)30(21(17)14-34-15-33-2)25(32)18-4-3-5-19(26)24(18)31-28-10-11-29-31/h3-6,9-11,13,17,20-22H,7-8,12,14-15H2,1-2H3. The van der Waals surface area contributed by atoms with Gasteiger partial charge in [-0.1, -0.05) is 12.1 Å². The summed E-state index contributed by atoms with van der Waals surface area (Å²) in [5, 5.41) is 8.12. The van der Waals surface area contributed by atoms with Crippen molar-refractivity contribution in [2.75, 3.05) is 20.5 Å². The number of aryl methyl sites for hydroxylation is 1. The van der Waals surface area contributed by atoms with Crippen molar-refractivity contribution in [2.24, 2.45) is 5.92 Å². The number of carbonyl (C=O) groups excluding carboxylic acids is 1. The van der Waals surface area contributed by atoms with Gasteiger partial charge in [0.2, 0.25) is 5.88 Å². The Morgan fingerprint density at radius 2 is 2.00 bits per heavy atom. The number of rotatable bonds is 8. The Kier molecular flexibility index (Phi) is 6.74. The Hall–Kier alpha value is -3.37. The van der Waals surface area contributed by atoms with Gasteiger partial charge in [0.05, 0.1) is 36.6 Å². The Labute approximate surface area is 202 Å². The first kappa shape index (κ1) is 23.4. The van der Waals surface area contributed by atoms with Crippen LogP contribution in [0.4, 0.5) is 4.39 Å². The first-order valence-electron chi connectivity index (χ1n) is 11.7. The summed E-state index contributed by atoms with van der Waals surface area (Å²) in [6.45, 7) is 2.42. The van der Waals surface area contributed by atoms with Gasteiger partial charge < -0.3 is 19.1 Å². The monoisotopic (exact) mass is 481 g/mol. The molecule has 2 aromatic heterocycles. The second kappa shape index (κ2) is 10.1. The third-order valence-electron chi connectivity index (χ3n) is 6.77. The van der Waals surface area contributed by atoms with E-state index in [4.69, 9.17) is 14.2 Å². The van der Waals surface area contributed by atoms with Gasteiger partial charge in [-0.2, -0.15) is 10.2 Å². The molecule has 1 aromatic carbocycles. The highest BCUT2D eigenvalue weighted by atomic mass is 19.1. The molecule has 9 nitrogen and oxygen atoms in total. The third-order valence-corrected chi connectivity index (χ3v) is 6.77. The Morgan fingerprint density at radius 1 is 1.17 bits per heavy atom. The van der Waals surface area contributed by atoms with Crippen LogP contribution >= 0.6 is 0 Å². The molecule has 35 heavy (non-hydrogen) atoms. The van der Waals surface area contributed by atoms with Crippen LogP contribution in [0.2, 0.25) is 0 Å². The minimum absolute atomic E-state index is 0.0261. The average molecular weight is 482 g/mol. The number of piperidine rings is 2. The lowest BCUT2D eigenvalue weighted by Gasteiger charge is -2.54. The SMILES string of the molecule is COCOCC1C2CCC(C(Oc3ccc(C)cn3)C2)N1C(=O)c1cccc(F)c1-n1nccn1. The van der Waals surface area contributed by atoms with Crippen LogP contribution in [0, 0.1) is 18.7 Å². The fraction of sp³-hybridized carbons (Fsp3) is 0.440. The molecule has 0 radical (unpaired) electrons. The smallest absolute Gasteiger partial charge is 0.256 e. The third kappa shape index (κ3) is 4.63. The van der Waals surface area contributed by atoms with Crippen molar-refractivity contribution in [3.8, 4) is 11.6 Å². The number of halogens is 1. The zero-order valence-corrected chi connectivity index (χ0v) is 19.7. The van der Waals surface area contributed by atoms with Crippen molar-refractivity contribution >= 4 is 5.91 Å². The van der Waals surface area contributed by atoms with Gasteiger partial charge in [0.1, 0.15) is 18.6 Å². The van der Waals surface area contributed by atoms with E-state index in [1.165, 1.54) is 24.5 Å². The number of fused-ring (bicyclic) bond motifs is 3. The molecule has 3 aromatic rings. The lowest BCUT2D eigenvalue weighted by atomic mass is 9.72. The van der Waals surface area contributed by atoms with Gasteiger partial charge in [-0.05, 0) is 49.8 Å². The van der Waals surface area contributed by atoms with E-state index in [1.807, 2.05) is 24.0 Å². The molecule has 0 N–H and O–H groups in total. The summed E-state index contributed by atoms with van der Waals surface area (Å²) in [6.07, 6.45) is 6.93. The van der Waals surface area contributed by atoms with Crippen LogP contribution in [0.1, 0.15) is 35.2 Å². The number of amides is 1. The maximum atomic E-state index is 14.9. The first-order chi connectivity index (χ1) is 17.1. The molecule has 4 atom stereocenters. The fourth-order valence-electron chi connectivity index (χ4n) is 5.22. The van der Waals surface area contributed by atoms with Crippen LogP contribution in [-0.2, 0) is 9.47 Å². The molecule has 2 saturated heterocycles. The predicted octanol–water partition coefficient (Wildman–Crippen LogP) is 3.17. The zero-order valence-electron chi connectivity index (χ0n) is 19.7. The number of pyridine rings is 1. The van der Waals surface area contributed by atoms with E-state index in [9.17, 15) is 9.18 Å². The van der Waals surface area contributed by atoms with E-state index in [0.29, 0.717) is 12.5 Å². The van der Waals surface area contributed by atoms with E-state index < -0.39 is 5.82 Å². The van der Waals surface area contributed by atoms with Crippen LogP contribution in [0.3, 0.4) is 0 Å². The zero-order chi connectivity index (χ0) is 24.4. The normalized spacial score (nSPS) is 23.5. The molecule has 4 heterocycles. The number of para-hydroxylation sites is 1. The second-order valence-corrected chi connectivity index (χ2v) is 8.98. The summed E-state index contributed by atoms with van der Waals surface area (Å²) in [5.41, 5.74) is 1.26. The molecule has 6 rings (SSSR count). The number of aromatic nitrogens is 4. The molecule has 184 valence electrons. The minimum atomic E-state index is -0.571. The van der Waals surface area contributed by atoms with E-state index >= 15 is 0 Å². The molecule has 2 aliphatic heterocycles. The molecular formula is C25H28FN5O4. The second-order valence-electron chi connectivity index (χ2n) is 8.98. The lowest BCUT2D eigenvalue weighted by Crippen LogP contribution is -2.65. The Bertz CT molecular complexity index is 1160. The van der Waals surface area contributed by atoms with Crippen LogP contribution < -0.4 is 4.74 Å². The summed E-state index contributed by atoms with van der Waals surface area (Å²) < 4.78 is 32.0.